The van der Waals surface area contributed by atoms with E-state index in [1.807, 2.05) is 0 Å². The number of ether oxygens (including phenoxy) is 1. The van der Waals surface area contributed by atoms with Crippen molar-refractivity contribution >= 4 is 0 Å². The van der Waals surface area contributed by atoms with E-state index >= 15 is 0 Å². The van der Waals surface area contributed by atoms with Crippen LogP contribution in [0.1, 0.15) is 71.6 Å². The molecular weight excluding hydrogens is 308 g/mol. The molecule has 25 heavy (non-hydrogen) atoms. The lowest BCUT2D eigenvalue weighted by Crippen LogP contribution is -2.56. The maximum absolute atomic E-state index is 5.88. The molecule has 0 amide bonds. The maximum Gasteiger partial charge on any atom is 0.0534 e. The van der Waals surface area contributed by atoms with Gasteiger partial charge in [-0.05, 0) is 95.3 Å². The highest BCUT2D eigenvalue weighted by molar-refractivity contribution is 5.03. The molecule has 2 saturated heterocycles. The largest absolute Gasteiger partial charge is 0.381 e. The lowest BCUT2D eigenvalue weighted by atomic mass is 9.59. The highest BCUT2D eigenvalue weighted by Gasteiger charge is 2.50. The van der Waals surface area contributed by atoms with Gasteiger partial charge >= 0.3 is 0 Å². The SMILES string of the molecule is CCCOCC1(CN2CCC3(CC2)CC(N2CCC(C)CC2)C3)CC1. The molecule has 0 bridgehead atoms. The van der Waals surface area contributed by atoms with Gasteiger partial charge in [-0.15, -0.1) is 0 Å². The van der Waals surface area contributed by atoms with Crippen LogP contribution in [-0.4, -0.2) is 61.8 Å². The molecule has 2 aliphatic heterocycles. The van der Waals surface area contributed by atoms with E-state index in [2.05, 4.69) is 23.6 Å². The average molecular weight is 349 g/mol. The Morgan fingerprint density at radius 2 is 1.64 bits per heavy atom. The van der Waals surface area contributed by atoms with Crippen molar-refractivity contribution in [1.82, 2.24) is 9.80 Å². The summed E-state index contributed by atoms with van der Waals surface area (Å²) in [6.45, 7) is 13.3. The Kier molecular flexibility index (Phi) is 5.46. The fourth-order valence-electron chi connectivity index (χ4n) is 5.62. The van der Waals surface area contributed by atoms with E-state index in [1.165, 1.54) is 84.1 Å². The summed E-state index contributed by atoms with van der Waals surface area (Å²) in [7, 11) is 0. The molecule has 3 nitrogen and oxygen atoms in total. The second-order valence-corrected chi connectivity index (χ2v) is 10.1. The summed E-state index contributed by atoms with van der Waals surface area (Å²) in [5.41, 5.74) is 1.26. The van der Waals surface area contributed by atoms with Crippen molar-refractivity contribution in [3.05, 3.63) is 0 Å². The van der Waals surface area contributed by atoms with E-state index in [1.54, 1.807) is 0 Å². The van der Waals surface area contributed by atoms with Crippen LogP contribution >= 0.6 is 0 Å². The zero-order valence-corrected chi connectivity index (χ0v) is 16.8. The Morgan fingerprint density at radius 3 is 2.24 bits per heavy atom. The Bertz CT molecular complexity index is 423. The fourth-order valence-corrected chi connectivity index (χ4v) is 5.62. The molecule has 0 aromatic carbocycles. The van der Waals surface area contributed by atoms with Crippen molar-refractivity contribution in [2.75, 3.05) is 45.9 Å². The van der Waals surface area contributed by atoms with E-state index in [9.17, 15) is 0 Å². The molecule has 0 radical (unpaired) electrons. The van der Waals surface area contributed by atoms with Gasteiger partial charge < -0.3 is 14.5 Å². The van der Waals surface area contributed by atoms with Crippen molar-refractivity contribution in [2.24, 2.45) is 16.7 Å². The van der Waals surface area contributed by atoms with Crippen molar-refractivity contribution in [3.8, 4) is 0 Å². The standard InChI is InChI=1S/C22H40N2O/c1-3-14-25-18-22(6-7-22)17-23-12-8-21(9-13-23)15-20(16-21)24-10-4-19(2)5-11-24/h19-20H,3-18H2,1-2H3. The van der Waals surface area contributed by atoms with E-state index in [0.717, 1.165) is 37.0 Å². The summed E-state index contributed by atoms with van der Waals surface area (Å²) >= 11 is 0. The molecule has 4 rings (SSSR count). The van der Waals surface area contributed by atoms with Crippen LogP contribution in [-0.2, 0) is 4.74 Å². The van der Waals surface area contributed by atoms with Crippen LogP contribution in [0, 0.1) is 16.7 Å². The molecule has 4 fully saturated rings. The normalized spacial score (nSPS) is 30.5. The number of likely N-dealkylation sites (tertiary alicyclic amines) is 2. The zero-order valence-electron chi connectivity index (χ0n) is 16.8. The molecule has 1 spiro atoms. The first-order valence-electron chi connectivity index (χ1n) is 11.2. The Morgan fingerprint density at radius 1 is 0.960 bits per heavy atom. The third-order valence-corrected chi connectivity index (χ3v) is 7.86. The summed E-state index contributed by atoms with van der Waals surface area (Å²) in [5.74, 6) is 0.963. The minimum atomic E-state index is 0.534. The van der Waals surface area contributed by atoms with Crippen molar-refractivity contribution in [2.45, 2.75) is 77.7 Å². The quantitative estimate of drug-likeness (QED) is 0.642. The second kappa shape index (κ2) is 7.48. The molecule has 144 valence electrons. The topological polar surface area (TPSA) is 15.7 Å². The van der Waals surface area contributed by atoms with E-state index in [-0.39, 0.29) is 0 Å². The van der Waals surface area contributed by atoms with Crippen LogP contribution in [0.3, 0.4) is 0 Å². The lowest BCUT2D eigenvalue weighted by molar-refractivity contribution is -0.0555. The molecule has 0 unspecified atom stereocenters. The van der Waals surface area contributed by atoms with Crippen LogP contribution < -0.4 is 0 Å². The minimum Gasteiger partial charge on any atom is -0.381 e. The molecule has 0 aromatic rings. The van der Waals surface area contributed by atoms with E-state index in [0.29, 0.717) is 5.41 Å². The second-order valence-electron chi connectivity index (χ2n) is 10.1. The maximum atomic E-state index is 5.88. The van der Waals surface area contributed by atoms with Crippen molar-refractivity contribution < 1.29 is 4.74 Å². The lowest BCUT2D eigenvalue weighted by Gasteiger charge is -2.56. The third kappa shape index (κ3) is 4.25. The van der Waals surface area contributed by atoms with Gasteiger partial charge in [-0.25, -0.2) is 0 Å². The van der Waals surface area contributed by atoms with Crippen LogP contribution in [0.5, 0.6) is 0 Å². The van der Waals surface area contributed by atoms with Gasteiger partial charge in [0.1, 0.15) is 0 Å². The Balaban J connectivity index is 1.17. The smallest absolute Gasteiger partial charge is 0.0534 e. The van der Waals surface area contributed by atoms with E-state index < -0.39 is 0 Å². The molecule has 2 saturated carbocycles. The first-order chi connectivity index (χ1) is 12.1. The van der Waals surface area contributed by atoms with Gasteiger partial charge in [-0.3, -0.25) is 0 Å². The number of rotatable bonds is 7. The molecule has 3 heteroatoms. The molecule has 2 aliphatic carbocycles. The van der Waals surface area contributed by atoms with Gasteiger partial charge in [-0.1, -0.05) is 13.8 Å². The van der Waals surface area contributed by atoms with Gasteiger partial charge in [0.25, 0.3) is 0 Å². The Labute approximate surface area is 155 Å². The van der Waals surface area contributed by atoms with Crippen LogP contribution in [0.2, 0.25) is 0 Å². The highest BCUT2D eigenvalue weighted by atomic mass is 16.5. The van der Waals surface area contributed by atoms with Gasteiger partial charge in [0.05, 0.1) is 6.61 Å². The highest BCUT2D eigenvalue weighted by Crippen LogP contribution is 2.53. The summed E-state index contributed by atoms with van der Waals surface area (Å²) in [6.07, 6.45) is 12.7. The average Bonchev–Trinajstić information content (AvgIpc) is 3.35. The molecule has 0 N–H and O–H groups in total. The summed E-state index contributed by atoms with van der Waals surface area (Å²) < 4.78 is 5.88. The van der Waals surface area contributed by atoms with Crippen LogP contribution in [0.25, 0.3) is 0 Å². The monoisotopic (exact) mass is 348 g/mol. The van der Waals surface area contributed by atoms with Crippen molar-refractivity contribution in [3.63, 3.8) is 0 Å². The first kappa shape index (κ1) is 18.3. The number of hydrogen-bond donors (Lipinski definition) is 0. The molecular formula is C22H40N2O. The zero-order chi connectivity index (χ0) is 17.3. The molecule has 4 aliphatic rings. The summed E-state index contributed by atoms with van der Waals surface area (Å²) in [5, 5.41) is 0. The minimum absolute atomic E-state index is 0.534. The third-order valence-electron chi connectivity index (χ3n) is 7.86. The van der Waals surface area contributed by atoms with Gasteiger partial charge in [0, 0.05) is 24.6 Å². The molecule has 0 aromatic heterocycles. The first-order valence-corrected chi connectivity index (χ1v) is 11.2. The predicted molar refractivity (Wildman–Crippen MR) is 104 cm³/mol. The van der Waals surface area contributed by atoms with E-state index in [4.69, 9.17) is 4.74 Å². The van der Waals surface area contributed by atoms with Gasteiger partial charge in [0.15, 0.2) is 0 Å². The van der Waals surface area contributed by atoms with Crippen LogP contribution in [0.4, 0.5) is 0 Å². The van der Waals surface area contributed by atoms with Gasteiger partial charge in [0.2, 0.25) is 0 Å². The Hall–Kier alpha value is -0.120. The molecule has 2 heterocycles. The summed E-state index contributed by atoms with van der Waals surface area (Å²) in [4.78, 5) is 5.59. The van der Waals surface area contributed by atoms with Gasteiger partial charge in [-0.2, -0.15) is 0 Å². The fraction of sp³-hybridized carbons (Fsp3) is 1.00. The number of piperidine rings is 2. The number of hydrogen-bond acceptors (Lipinski definition) is 3. The predicted octanol–water partition coefficient (Wildman–Crippen LogP) is 4.17. The van der Waals surface area contributed by atoms with Crippen molar-refractivity contribution in [1.29, 1.82) is 0 Å². The van der Waals surface area contributed by atoms with Crippen LogP contribution in [0.15, 0.2) is 0 Å². The summed E-state index contributed by atoms with van der Waals surface area (Å²) in [6, 6.07) is 0.927. The molecule has 0 atom stereocenters. The number of nitrogens with zero attached hydrogens (tertiary/aromatic N) is 2.